The van der Waals surface area contributed by atoms with Crippen LogP contribution < -0.4 is 4.90 Å². The highest BCUT2D eigenvalue weighted by molar-refractivity contribution is 5.56. The summed E-state index contributed by atoms with van der Waals surface area (Å²) in [5.74, 6) is 0.328. The molecule has 19 heavy (non-hydrogen) atoms. The van der Waals surface area contributed by atoms with Gasteiger partial charge < -0.3 is 4.90 Å². The summed E-state index contributed by atoms with van der Waals surface area (Å²) in [6, 6.07) is 14.6. The molecule has 2 rings (SSSR count). The third kappa shape index (κ3) is 3.68. The van der Waals surface area contributed by atoms with Gasteiger partial charge in [0.2, 0.25) is 0 Å². The molecule has 0 unspecified atom stereocenters. The fourth-order valence-corrected chi connectivity index (χ4v) is 1.88. The van der Waals surface area contributed by atoms with Crippen LogP contribution in [0.15, 0.2) is 54.7 Å². The monoisotopic (exact) mass is 252 g/mol. The van der Waals surface area contributed by atoms with Crippen molar-refractivity contribution in [3.63, 3.8) is 0 Å². The molecule has 2 nitrogen and oxygen atoms in total. The van der Waals surface area contributed by atoms with Crippen molar-refractivity contribution in [2.24, 2.45) is 0 Å². The molecule has 0 amide bonds. The molecule has 1 aromatic carbocycles. The second-order valence-corrected chi connectivity index (χ2v) is 4.89. The molecule has 1 aromatic heterocycles. The summed E-state index contributed by atoms with van der Waals surface area (Å²) in [7, 11) is 4.10. The number of nitrogens with zero attached hydrogens (tertiary/aromatic N) is 2. The van der Waals surface area contributed by atoms with E-state index in [-0.39, 0.29) is 0 Å². The molecule has 1 atom stereocenters. The van der Waals surface area contributed by atoms with E-state index < -0.39 is 0 Å². The number of allylic oxidation sites excluding steroid dienone is 1. The Morgan fingerprint density at radius 2 is 1.79 bits per heavy atom. The van der Waals surface area contributed by atoms with E-state index in [4.69, 9.17) is 0 Å². The average molecular weight is 252 g/mol. The quantitative estimate of drug-likeness (QED) is 0.818. The highest BCUT2D eigenvalue weighted by atomic mass is 15.1. The van der Waals surface area contributed by atoms with Gasteiger partial charge in [0.1, 0.15) is 0 Å². The molecular weight excluding hydrogens is 232 g/mol. The normalized spacial score (nSPS) is 12.6. The van der Waals surface area contributed by atoms with Crippen molar-refractivity contribution in [3.05, 3.63) is 66.0 Å². The Kier molecular flexibility index (Phi) is 4.35. The third-order valence-corrected chi connectivity index (χ3v) is 3.14. The highest BCUT2D eigenvalue weighted by Crippen LogP contribution is 2.17. The molecule has 1 heterocycles. The van der Waals surface area contributed by atoms with Crippen molar-refractivity contribution in [2.45, 2.75) is 12.8 Å². The van der Waals surface area contributed by atoms with Gasteiger partial charge in [0, 0.05) is 37.6 Å². The van der Waals surface area contributed by atoms with Crippen LogP contribution in [0.25, 0.3) is 6.08 Å². The zero-order valence-corrected chi connectivity index (χ0v) is 11.7. The van der Waals surface area contributed by atoms with Crippen LogP contribution in [0, 0.1) is 0 Å². The van der Waals surface area contributed by atoms with Gasteiger partial charge in [-0.1, -0.05) is 37.3 Å². The van der Waals surface area contributed by atoms with Crippen molar-refractivity contribution in [1.82, 2.24) is 4.98 Å². The second-order valence-electron chi connectivity index (χ2n) is 4.89. The first-order valence-electron chi connectivity index (χ1n) is 6.53. The van der Waals surface area contributed by atoms with Crippen molar-refractivity contribution in [2.75, 3.05) is 19.0 Å². The van der Waals surface area contributed by atoms with E-state index in [1.165, 1.54) is 11.3 Å². The molecule has 0 aliphatic carbocycles. The summed E-state index contributed by atoms with van der Waals surface area (Å²) in [5.41, 5.74) is 3.53. The lowest BCUT2D eigenvalue weighted by Crippen LogP contribution is -2.07. The fourth-order valence-electron chi connectivity index (χ4n) is 1.88. The molecule has 0 aliphatic rings. The first kappa shape index (κ1) is 13.3. The van der Waals surface area contributed by atoms with Gasteiger partial charge in [0.05, 0.1) is 0 Å². The van der Waals surface area contributed by atoms with E-state index in [0.29, 0.717) is 5.92 Å². The van der Waals surface area contributed by atoms with E-state index in [0.717, 1.165) is 5.69 Å². The van der Waals surface area contributed by atoms with Crippen LogP contribution in [0.3, 0.4) is 0 Å². The standard InChI is InChI=1S/C17H20N2/c1-14(17-6-4-5-13-18-17)7-8-15-9-11-16(12-10-15)19(2)3/h4-14H,1-3H3/b8-7+/t14-/m1/s1. The summed E-state index contributed by atoms with van der Waals surface area (Å²) in [6.07, 6.45) is 6.18. The minimum absolute atomic E-state index is 0.328. The van der Waals surface area contributed by atoms with E-state index in [1.807, 2.05) is 32.4 Å². The van der Waals surface area contributed by atoms with Crippen molar-refractivity contribution >= 4 is 11.8 Å². The van der Waals surface area contributed by atoms with E-state index in [2.05, 4.69) is 59.3 Å². The van der Waals surface area contributed by atoms with Crippen LogP contribution in [0.1, 0.15) is 24.1 Å². The van der Waals surface area contributed by atoms with Crippen molar-refractivity contribution in [3.8, 4) is 0 Å². The maximum absolute atomic E-state index is 4.37. The van der Waals surface area contributed by atoms with Crippen LogP contribution in [0.4, 0.5) is 5.69 Å². The minimum atomic E-state index is 0.328. The zero-order valence-electron chi connectivity index (χ0n) is 11.7. The molecule has 0 radical (unpaired) electrons. The topological polar surface area (TPSA) is 16.1 Å². The summed E-state index contributed by atoms with van der Waals surface area (Å²) >= 11 is 0. The average Bonchev–Trinajstić information content (AvgIpc) is 2.46. The molecule has 0 saturated carbocycles. The van der Waals surface area contributed by atoms with Crippen LogP contribution in [-0.4, -0.2) is 19.1 Å². The zero-order chi connectivity index (χ0) is 13.7. The number of hydrogen-bond donors (Lipinski definition) is 0. The van der Waals surface area contributed by atoms with Gasteiger partial charge in [-0.15, -0.1) is 0 Å². The van der Waals surface area contributed by atoms with Crippen LogP contribution in [-0.2, 0) is 0 Å². The Morgan fingerprint density at radius 1 is 1.05 bits per heavy atom. The first-order valence-corrected chi connectivity index (χ1v) is 6.53. The molecule has 0 spiro atoms. The maximum Gasteiger partial charge on any atom is 0.0469 e. The minimum Gasteiger partial charge on any atom is -0.378 e. The predicted molar refractivity (Wildman–Crippen MR) is 82.5 cm³/mol. The van der Waals surface area contributed by atoms with Gasteiger partial charge in [-0.05, 0) is 29.8 Å². The summed E-state index contributed by atoms with van der Waals surface area (Å²) in [5, 5.41) is 0. The molecule has 0 saturated heterocycles. The largest absolute Gasteiger partial charge is 0.378 e. The van der Waals surface area contributed by atoms with Gasteiger partial charge in [-0.2, -0.15) is 0 Å². The van der Waals surface area contributed by atoms with Crippen LogP contribution in [0.5, 0.6) is 0 Å². The molecule has 98 valence electrons. The van der Waals surface area contributed by atoms with Crippen molar-refractivity contribution < 1.29 is 0 Å². The Morgan fingerprint density at radius 3 is 2.37 bits per heavy atom. The number of aromatic nitrogens is 1. The van der Waals surface area contributed by atoms with Gasteiger partial charge in [0.15, 0.2) is 0 Å². The van der Waals surface area contributed by atoms with E-state index in [9.17, 15) is 0 Å². The first-order chi connectivity index (χ1) is 9.16. The summed E-state index contributed by atoms with van der Waals surface area (Å²) < 4.78 is 0. The van der Waals surface area contributed by atoms with Gasteiger partial charge in [-0.3, -0.25) is 4.98 Å². The smallest absolute Gasteiger partial charge is 0.0469 e. The lowest BCUT2D eigenvalue weighted by molar-refractivity contribution is 0.911. The number of anilines is 1. The fraction of sp³-hybridized carbons (Fsp3) is 0.235. The lowest BCUT2D eigenvalue weighted by atomic mass is 10.0. The molecule has 0 bridgehead atoms. The molecule has 0 fully saturated rings. The van der Waals surface area contributed by atoms with Crippen molar-refractivity contribution in [1.29, 1.82) is 0 Å². The number of pyridine rings is 1. The van der Waals surface area contributed by atoms with Crippen LogP contribution >= 0.6 is 0 Å². The van der Waals surface area contributed by atoms with E-state index >= 15 is 0 Å². The second kappa shape index (κ2) is 6.19. The van der Waals surface area contributed by atoms with Gasteiger partial charge in [-0.25, -0.2) is 0 Å². The predicted octanol–water partition coefficient (Wildman–Crippen LogP) is 3.96. The lowest BCUT2D eigenvalue weighted by Gasteiger charge is -2.12. The van der Waals surface area contributed by atoms with Gasteiger partial charge >= 0.3 is 0 Å². The Bertz CT molecular complexity index is 527. The summed E-state index contributed by atoms with van der Waals surface area (Å²) in [4.78, 5) is 6.47. The SMILES string of the molecule is C[C@H](/C=C/c1ccc(N(C)C)cc1)c1ccccn1. The van der Waals surface area contributed by atoms with Gasteiger partial charge in [0.25, 0.3) is 0 Å². The molecule has 0 N–H and O–H groups in total. The highest BCUT2D eigenvalue weighted by Gasteiger charge is 2.01. The molecule has 2 heteroatoms. The Hall–Kier alpha value is -2.09. The Labute approximate surface area is 115 Å². The molecule has 0 aliphatic heterocycles. The molecule has 2 aromatic rings. The number of benzene rings is 1. The third-order valence-electron chi connectivity index (χ3n) is 3.14. The summed E-state index contributed by atoms with van der Waals surface area (Å²) in [6.45, 7) is 2.16. The van der Waals surface area contributed by atoms with Crippen LogP contribution in [0.2, 0.25) is 0 Å². The Balaban J connectivity index is 2.06. The molecular formula is C17H20N2. The number of hydrogen-bond acceptors (Lipinski definition) is 2. The maximum atomic E-state index is 4.37. The number of rotatable bonds is 4. The van der Waals surface area contributed by atoms with E-state index in [1.54, 1.807) is 0 Å².